The van der Waals surface area contributed by atoms with Gasteiger partial charge in [-0.15, -0.1) is 0 Å². The molecule has 3 atom stereocenters. The minimum Gasteiger partial charge on any atom is -0.460 e. The minimum atomic E-state index is -0.537. The molecule has 1 saturated heterocycles. The van der Waals surface area contributed by atoms with E-state index < -0.39 is 5.60 Å². The summed E-state index contributed by atoms with van der Waals surface area (Å²) in [7, 11) is 0. The van der Waals surface area contributed by atoms with Crippen LogP contribution in [0.3, 0.4) is 0 Å². The molecule has 26 heavy (non-hydrogen) atoms. The molecule has 0 saturated carbocycles. The highest BCUT2D eigenvalue weighted by atomic mass is 16.6. The molecule has 1 fully saturated rings. The second-order valence-electron chi connectivity index (χ2n) is 8.64. The first kappa shape index (κ1) is 20.9. The fraction of sp³-hybridized carbons (Fsp3) is 0.727. The van der Waals surface area contributed by atoms with Crippen LogP contribution >= 0.6 is 0 Å². The highest BCUT2D eigenvalue weighted by Gasteiger charge is 2.56. The summed E-state index contributed by atoms with van der Waals surface area (Å²) in [6.45, 7) is 11.6. The summed E-state index contributed by atoms with van der Waals surface area (Å²) >= 11 is 0. The SMILES string of the molecule is CC(=O)O[C@@]1(C)CCCC(C)=CCC[C@@]2(C)O[C@@H]2C(=O)C(=C(C)C)CC1. The van der Waals surface area contributed by atoms with Gasteiger partial charge in [0, 0.05) is 6.92 Å². The van der Waals surface area contributed by atoms with E-state index in [0.29, 0.717) is 12.8 Å². The third kappa shape index (κ3) is 5.29. The van der Waals surface area contributed by atoms with Crippen molar-refractivity contribution < 1.29 is 19.1 Å². The lowest BCUT2D eigenvalue weighted by Gasteiger charge is -2.30. The lowest BCUT2D eigenvalue weighted by molar-refractivity contribution is -0.156. The Bertz CT molecular complexity index is 626. The number of hydrogen-bond acceptors (Lipinski definition) is 4. The molecule has 1 heterocycles. The van der Waals surface area contributed by atoms with E-state index in [9.17, 15) is 9.59 Å². The van der Waals surface area contributed by atoms with Crippen LogP contribution in [0, 0.1) is 0 Å². The number of allylic oxidation sites excluding steroid dienone is 3. The molecule has 0 radical (unpaired) electrons. The number of rotatable bonds is 1. The summed E-state index contributed by atoms with van der Waals surface area (Å²) in [6.07, 6.45) is 7.79. The maximum absolute atomic E-state index is 13.0. The molecule has 0 aromatic carbocycles. The van der Waals surface area contributed by atoms with Crippen molar-refractivity contribution in [2.45, 2.75) is 104 Å². The summed E-state index contributed by atoms with van der Waals surface area (Å²) in [4.78, 5) is 24.6. The molecule has 0 spiro atoms. The normalized spacial score (nSPS) is 33.6. The Morgan fingerprint density at radius 3 is 2.46 bits per heavy atom. The average Bonchev–Trinajstić information content (AvgIpc) is 3.17. The fourth-order valence-electron chi connectivity index (χ4n) is 3.95. The molecule has 2 rings (SSSR count). The first-order valence-corrected chi connectivity index (χ1v) is 9.80. The molecule has 1 aliphatic carbocycles. The van der Waals surface area contributed by atoms with E-state index in [-0.39, 0.29) is 23.5 Å². The first-order chi connectivity index (χ1) is 12.1. The summed E-state index contributed by atoms with van der Waals surface area (Å²) in [5.74, 6) is -0.153. The van der Waals surface area contributed by atoms with E-state index >= 15 is 0 Å². The topological polar surface area (TPSA) is 55.9 Å². The Kier molecular flexibility index (Phi) is 6.49. The molecule has 0 aromatic heterocycles. The van der Waals surface area contributed by atoms with E-state index in [1.54, 1.807) is 0 Å². The zero-order valence-corrected chi connectivity index (χ0v) is 17.2. The van der Waals surface area contributed by atoms with Gasteiger partial charge >= 0.3 is 5.97 Å². The molecule has 146 valence electrons. The van der Waals surface area contributed by atoms with Gasteiger partial charge in [-0.2, -0.15) is 0 Å². The number of carbonyl (C=O) groups excluding carboxylic acids is 2. The van der Waals surface area contributed by atoms with Gasteiger partial charge in [0.05, 0.1) is 0 Å². The lowest BCUT2D eigenvalue weighted by atomic mass is 9.85. The monoisotopic (exact) mass is 362 g/mol. The van der Waals surface area contributed by atoms with Crippen LogP contribution in [0.15, 0.2) is 22.8 Å². The first-order valence-electron chi connectivity index (χ1n) is 9.80. The van der Waals surface area contributed by atoms with Gasteiger partial charge in [-0.3, -0.25) is 9.59 Å². The van der Waals surface area contributed by atoms with E-state index in [4.69, 9.17) is 9.47 Å². The van der Waals surface area contributed by atoms with E-state index in [2.05, 4.69) is 13.0 Å². The Morgan fingerprint density at radius 1 is 1.15 bits per heavy atom. The smallest absolute Gasteiger partial charge is 0.303 e. The number of ketones is 1. The maximum Gasteiger partial charge on any atom is 0.303 e. The molecule has 2 aliphatic rings. The molecule has 0 N–H and O–H groups in total. The predicted molar refractivity (Wildman–Crippen MR) is 103 cm³/mol. The standard InChI is InChI=1S/C22H34O4/c1-15(2)18-11-14-21(5,25-17(4)23)12-7-9-16(3)10-8-13-22(6)20(26-22)19(18)24/h10,20H,7-9,11-14H2,1-6H3/t20-,21+,22-/m1/s1. The zero-order chi connectivity index (χ0) is 19.5. The van der Waals surface area contributed by atoms with Crippen molar-refractivity contribution in [3.63, 3.8) is 0 Å². The van der Waals surface area contributed by atoms with Gasteiger partial charge in [-0.25, -0.2) is 0 Å². The molecular formula is C22H34O4. The van der Waals surface area contributed by atoms with Crippen molar-refractivity contribution in [2.75, 3.05) is 0 Å². The third-order valence-electron chi connectivity index (χ3n) is 5.73. The summed E-state index contributed by atoms with van der Waals surface area (Å²) in [6, 6.07) is 0. The Hall–Kier alpha value is -1.42. The van der Waals surface area contributed by atoms with Gasteiger partial charge < -0.3 is 9.47 Å². The van der Waals surface area contributed by atoms with Crippen molar-refractivity contribution in [3.05, 3.63) is 22.8 Å². The Labute approximate surface area is 158 Å². The number of ether oxygens (including phenoxy) is 2. The molecule has 4 heteroatoms. The van der Waals surface area contributed by atoms with Gasteiger partial charge in [0.25, 0.3) is 0 Å². The number of epoxide rings is 1. The third-order valence-corrected chi connectivity index (χ3v) is 5.73. The number of Topliss-reactive ketones (excluding diaryl/α,β-unsaturated/α-hetero) is 1. The van der Waals surface area contributed by atoms with Crippen LogP contribution < -0.4 is 0 Å². The van der Waals surface area contributed by atoms with Crippen molar-refractivity contribution in [1.29, 1.82) is 0 Å². The van der Waals surface area contributed by atoms with Crippen LogP contribution in [0.5, 0.6) is 0 Å². The van der Waals surface area contributed by atoms with Crippen LogP contribution in [0.2, 0.25) is 0 Å². The number of esters is 1. The summed E-state index contributed by atoms with van der Waals surface area (Å²) < 4.78 is 11.5. The minimum absolute atomic E-state index is 0.107. The van der Waals surface area contributed by atoms with E-state index in [0.717, 1.165) is 43.3 Å². The zero-order valence-electron chi connectivity index (χ0n) is 17.2. The van der Waals surface area contributed by atoms with Crippen LogP contribution in [-0.4, -0.2) is 29.1 Å². The van der Waals surface area contributed by atoms with Gasteiger partial charge in [-0.05, 0) is 85.1 Å². The van der Waals surface area contributed by atoms with Gasteiger partial charge in [0.2, 0.25) is 0 Å². The average molecular weight is 363 g/mol. The highest BCUT2D eigenvalue weighted by Crippen LogP contribution is 2.43. The van der Waals surface area contributed by atoms with Crippen molar-refractivity contribution in [3.8, 4) is 0 Å². The molecule has 0 unspecified atom stereocenters. The van der Waals surface area contributed by atoms with Gasteiger partial charge in [-0.1, -0.05) is 17.2 Å². The van der Waals surface area contributed by atoms with Gasteiger partial charge in [0.1, 0.15) is 17.3 Å². The van der Waals surface area contributed by atoms with E-state index in [1.165, 1.54) is 12.5 Å². The Morgan fingerprint density at radius 2 is 1.85 bits per heavy atom. The fourth-order valence-corrected chi connectivity index (χ4v) is 3.95. The summed E-state index contributed by atoms with van der Waals surface area (Å²) in [5.41, 5.74) is 2.34. The van der Waals surface area contributed by atoms with Crippen LogP contribution in [0.1, 0.15) is 86.5 Å². The maximum atomic E-state index is 13.0. The second kappa shape index (κ2) is 8.08. The van der Waals surface area contributed by atoms with Crippen LogP contribution in [0.4, 0.5) is 0 Å². The van der Waals surface area contributed by atoms with Gasteiger partial charge in [0.15, 0.2) is 5.78 Å². The molecular weight excluding hydrogens is 328 g/mol. The Balaban J connectivity index is 2.25. The van der Waals surface area contributed by atoms with Crippen molar-refractivity contribution >= 4 is 11.8 Å². The highest BCUT2D eigenvalue weighted by molar-refractivity contribution is 6.01. The molecule has 0 amide bonds. The van der Waals surface area contributed by atoms with Crippen LogP contribution in [-0.2, 0) is 19.1 Å². The molecule has 4 nitrogen and oxygen atoms in total. The molecule has 0 aromatic rings. The molecule has 1 aliphatic heterocycles. The van der Waals surface area contributed by atoms with E-state index in [1.807, 2.05) is 27.7 Å². The number of carbonyl (C=O) groups is 2. The second-order valence-corrected chi connectivity index (χ2v) is 8.64. The lowest BCUT2D eigenvalue weighted by Crippen LogP contribution is -2.32. The molecule has 0 bridgehead atoms. The van der Waals surface area contributed by atoms with Crippen molar-refractivity contribution in [2.24, 2.45) is 0 Å². The van der Waals surface area contributed by atoms with Crippen molar-refractivity contribution in [1.82, 2.24) is 0 Å². The number of hydrogen-bond donors (Lipinski definition) is 0. The summed E-state index contributed by atoms with van der Waals surface area (Å²) in [5, 5.41) is 0. The number of fused-ring (bicyclic) bond motifs is 1. The van der Waals surface area contributed by atoms with Crippen LogP contribution in [0.25, 0.3) is 0 Å². The predicted octanol–water partition coefficient (Wildman–Crippen LogP) is 5.06. The largest absolute Gasteiger partial charge is 0.460 e. The quantitative estimate of drug-likeness (QED) is 0.283.